The van der Waals surface area contributed by atoms with Gasteiger partial charge < -0.3 is 10.6 Å². The highest BCUT2D eigenvalue weighted by Gasteiger charge is 2.11. The summed E-state index contributed by atoms with van der Waals surface area (Å²) in [5.74, 6) is 0.623. The van der Waals surface area contributed by atoms with Gasteiger partial charge in [0.05, 0.1) is 4.47 Å². The van der Waals surface area contributed by atoms with Gasteiger partial charge in [-0.05, 0) is 59.8 Å². The predicted molar refractivity (Wildman–Crippen MR) is 89.1 cm³/mol. The smallest absolute Gasteiger partial charge is 0.191 e. The third-order valence-corrected chi connectivity index (χ3v) is 3.96. The highest BCUT2D eigenvalue weighted by atomic mass is 79.9. The average molecular weight is 354 g/mol. The fourth-order valence-electron chi connectivity index (χ4n) is 2.24. The van der Waals surface area contributed by atoms with Crippen molar-refractivity contribution in [1.82, 2.24) is 10.6 Å². The van der Waals surface area contributed by atoms with Gasteiger partial charge in [-0.1, -0.05) is 18.2 Å². The van der Waals surface area contributed by atoms with Crippen LogP contribution in [0.5, 0.6) is 0 Å². The highest BCUT2D eigenvalue weighted by molar-refractivity contribution is 9.10. The molecule has 1 aliphatic rings. The molecule has 0 bridgehead atoms. The van der Waals surface area contributed by atoms with E-state index in [-0.39, 0.29) is 5.82 Å². The Balaban J connectivity index is 1.87. The van der Waals surface area contributed by atoms with E-state index in [9.17, 15) is 4.39 Å². The van der Waals surface area contributed by atoms with Crippen LogP contribution < -0.4 is 10.6 Å². The zero-order valence-corrected chi connectivity index (χ0v) is 13.8. The van der Waals surface area contributed by atoms with Gasteiger partial charge in [-0.2, -0.15) is 0 Å². The van der Waals surface area contributed by atoms with Crippen LogP contribution in [0.15, 0.2) is 39.8 Å². The predicted octanol–water partition coefficient (Wildman–Crippen LogP) is 3.40. The molecular formula is C16H21BrFN3. The Morgan fingerprint density at radius 3 is 2.81 bits per heavy atom. The molecule has 0 saturated carbocycles. The molecule has 0 spiro atoms. The number of rotatable bonds is 5. The second kappa shape index (κ2) is 8.17. The molecule has 1 aromatic rings. The third kappa shape index (κ3) is 5.16. The molecule has 1 aliphatic carbocycles. The summed E-state index contributed by atoms with van der Waals surface area (Å²) in [5.41, 5.74) is 1.07. The summed E-state index contributed by atoms with van der Waals surface area (Å²) in [5, 5.41) is 6.69. The summed E-state index contributed by atoms with van der Waals surface area (Å²) in [6.45, 7) is 3.57. The summed E-state index contributed by atoms with van der Waals surface area (Å²) in [6.07, 6.45) is 7.28. The summed E-state index contributed by atoms with van der Waals surface area (Å²) >= 11 is 3.21. The average Bonchev–Trinajstić information content (AvgIpc) is 2.96. The zero-order chi connectivity index (χ0) is 15.1. The molecular weight excluding hydrogens is 333 g/mol. The third-order valence-electron chi connectivity index (χ3n) is 3.35. The van der Waals surface area contributed by atoms with Gasteiger partial charge in [0.15, 0.2) is 5.96 Å². The molecule has 0 amide bonds. The number of guanidine groups is 1. The molecule has 0 atom stereocenters. The maximum Gasteiger partial charge on any atom is 0.191 e. The summed E-state index contributed by atoms with van der Waals surface area (Å²) in [6, 6.07) is 5.54. The maximum atomic E-state index is 13.2. The number of benzene rings is 1. The van der Waals surface area contributed by atoms with E-state index >= 15 is 0 Å². The van der Waals surface area contributed by atoms with Gasteiger partial charge in [0.2, 0.25) is 0 Å². The molecule has 0 radical (unpaired) electrons. The fraction of sp³-hybridized carbons (Fsp3) is 0.438. The number of halogens is 2. The Hall–Kier alpha value is -1.36. The molecule has 5 heteroatoms. The van der Waals surface area contributed by atoms with Crippen LogP contribution >= 0.6 is 15.9 Å². The number of nitrogens with zero attached hydrogens (tertiary/aromatic N) is 1. The molecule has 1 aromatic carbocycles. The minimum absolute atomic E-state index is 0.231. The Labute approximate surface area is 133 Å². The molecule has 114 valence electrons. The molecule has 0 unspecified atom stereocenters. The van der Waals surface area contributed by atoms with Crippen LogP contribution in [0.1, 0.15) is 25.3 Å². The lowest BCUT2D eigenvalue weighted by Gasteiger charge is -2.16. The SMILES string of the molecule is CCNC(=NCCc1ccc(F)c(Br)c1)NC1CC=CC1. The van der Waals surface area contributed by atoms with E-state index < -0.39 is 0 Å². The first-order chi connectivity index (χ1) is 10.2. The number of aliphatic imine (C=N–C) groups is 1. The molecule has 2 rings (SSSR count). The minimum Gasteiger partial charge on any atom is -0.357 e. The largest absolute Gasteiger partial charge is 0.357 e. The monoisotopic (exact) mass is 353 g/mol. The van der Waals surface area contributed by atoms with Crippen molar-refractivity contribution in [2.45, 2.75) is 32.2 Å². The molecule has 2 N–H and O–H groups in total. The molecule has 0 saturated heterocycles. The Morgan fingerprint density at radius 1 is 1.38 bits per heavy atom. The standard InChI is InChI=1S/C16H21BrFN3/c1-2-19-16(21-13-5-3-4-6-13)20-10-9-12-7-8-15(18)14(17)11-12/h3-4,7-8,11,13H,2,5-6,9-10H2,1H3,(H2,19,20,21). The van der Waals surface area contributed by atoms with E-state index in [1.165, 1.54) is 6.07 Å². The maximum absolute atomic E-state index is 13.2. The Morgan fingerprint density at radius 2 is 2.14 bits per heavy atom. The van der Waals surface area contributed by atoms with Gasteiger partial charge in [0, 0.05) is 19.1 Å². The molecule has 0 fully saturated rings. The van der Waals surface area contributed by atoms with Crippen molar-refractivity contribution in [3.8, 4) is 0 Å². The van der Waals surface area contributed by atoms with Crippen molar-refractivity contribution < 1.29 is 4.39 Å². The fourth-order valence-corrected chi connectivity index (χ4v) is 2.67. The summed E-state index contributed by atoms with van der Waals surface area (Å²) in [7, 11) is 0. The second-order valence-corrected chi connectivity index (χ2v) is 5.90. The van der Waals surface area contributed by atoms with E-state index in [1.54, 1.807) is 6.07 Å². The van der Waals surface area contributed by atoms with Gasteiger partial charge >= 0.3 is 0 Å². The van der Waals surface area contributed by atoms with Crippen molar-refractivity contribution in [3.63, 3.8) is 0 Å². The second-order valence-electron chi connectivity index (χ2n) is 5.04. The zero-order valence-electron chi connectivity index (χ0n) is 12.2. The highest BCUT2D eigenvalue weighted by Crippen LogP contribution is 2.17. The van der Waals surface area contributed by atoms with E-state index in [2.05, 4.69) is 50.6 Å². The van der Waals surface area contributed by atoms with E-state index in [0.29, 0.717) is 17.1 Å². The van der Waals surface area contributed by atoms with Crippen LogP contribution in [0.25, 0.3) is 0 Å². The van der Waals surface area contributed by atoms with Gasteiger partial charge in [0.1, 0.15) is 5.82 Å². The first kappa shape index (κ1) is 16.0. The lowest BCUT2D eigenvalue weighted by Crippen LogP contribution is -2.42. The summed E-state index contributed by atoms with van der Waals surface area (Å²) < 4.78 is 13.7. The van der Waals surface area contributed by atoms with Crippen molar-refractivity contribution in [2.75, 3.05) is 13.1 Å². The van der Waals surface area contributed by atoms with Gasteiger partial charge in [-0.25, -0.2) is 4.39 Å². The quantitative estimate of drug-likeness (QED) is 0.483. The van der Waals surface area contributed by atoms with Gasteiger partial charge in [-0.15, -0.1) is 0 Å². The summed E-state index contributed by atoms with van der Waals surface area (Å²) in [4.78, 5) is 4.58. The van der Waals surface area contributed by atoms with Crippen LogP contribution in [0.4, 0.5) is 4.39 Å². The number of hydrogen-bond donors (Lipinski definition) is 2. The molecule has 21 heavy (non-hydrogen) atoms. The van der Waals surface area contributed by atoms with Crippen LogP contribution in [0.2, 0.25) is 0 Å². The van der Waals surface area contributed by atoms with Crippen LogP contribution in [0, 0.1) is 5.82 Å². The van der Waals surface area contributed by atoms with Gasteiger partial charge in [0.25, 0.3) is 0 Å². The first-order valence-electron chi connectivity index (χ1n) is 7.33. The van der Waals surface area contributed by atoms with Gasteiger partial charge in [-0.3, -0.25) is 4.99 Å². The lowest BCUT2D eigenvalue weighted by molar-refractivity contribution is 0.620. The Bertz CT molecular complexity index is 520. The molecule has 0 aromatic heterocycles. The first-order valence-corrected chi connectivity index (χ1v) is 8.12. The lowest BCUT2D eigenvalue weighted by atomic mass is 10.1. The van der Waals surface area contributed by atoms with E-state index in [0.717, 1.165) is 37.3 Å². The van der Waals surface area contributed by atoms with Crippen LogP contribution in [-0.4, -0.2) is 25.1 Å². The van der Waals surface area contributed by atoms with Crippen LogP contribution in [-0.2, 0) is 6.42 Å². The van der Waals surface area contributed by atoms with E-state index in [4.69, 9.17) is 0 Å². The van der Waals surface area contributed by atoms with Crippen molar-refractivity contribution in [2.24, 2.45) is 4.99 Å². The Kier molecular flexibility index (Phi) is 6.23. The van der Waals surface area contributed by atoms with Crippen molar-refractivity contribution in [1.29, 1.82) is 0 Å². The molecule has 3 nitrogen and oxygen atoms in total. The molecule has 0 heterocycles. The van der Waals surface area contributed by atoms with Crippen LogP contribution in [0.3, 0.4) is 0 Å². The number of nitrogens with one attached hydrogen (secondary N) is 2. The van der Waals surface area contributed by atoms with E-state index in [1.807, 2.05) is 6.07 Å². The van der Waals surface area contributed by atoms with Crippen molar-refractivity contribution >= 4 is 21.9 Å². The number of hydrogen-bond acceptors (Lipinski definition) is 1. The minimum atomic E-state index is -0.231. The topological polar surface area (TPSA) is 36.4 Å². The molecule has 0 aliphatic heterocycles. The van der Waals surface area contributed by atoms with Crippen molar-refractivity contribution in [3.05, 3.63) is 46.2 Å². The normalized spacial score (nSPS) is 15.5.